The number of aliphatic hydroxyl groups is 1. The summed E-state index contributed by atoms with van der Waals surface area (Å²) < 4.78 is 5.95. The molecular weight excluding hydrogens is 270 g/mol. The lowest BCUT2D eigenvalue weighted by molar-refractivity contribution is -0.125. The van der Waals surface area contributed by atoms with Crippen LogP contribution in [0.5, 0.6) is 5.75 Å². The second kappa shape index (κ2) is 6.32. The minimum absolute atomic E-state index is 0.121. The number of carbonyl (C=O) groups is 1. The Labute approximate surface area is 124 Å². The van der Waals surface area contributed by atoms with Crippen LogP contribution < -0.4 is 20.3 Å². The summed E-state index contributed by atoms with van der Waals surface area (Å²) in [5, 5.41) is 15.7. The monoisotopic (exact) mass is 291 g/mol. The number of rotatable bonds is 3. The highest BCUT2D eigenvalue weighted by Gasteiger charge is 2.24. The molecule has 0 aromatic heterocycles. The van der Waals surface area contributed by atoms with Crippen LogP contribution in [0.4, 0.5) is 5.69 Å². The number of aliphatic hydroxyl groups excluding tert-OH is 1. The number of nitrogens with one attached hydrogen (secondary N) is 2. The Kier molecular flexibility index (Phi) is 4.26. The standard InChI is InChI=1S/C15H21N3O3/c19-14-7-10-18(15(20)17-14)11-1-3-12(4-2-11)21-13-5-8-16-9-6-13/h1-4,13,15-16,20H,5-10H2,(H,17,19). The van der Waals surface area contributed by atoms with Crippen LogP contribution in [0.25, 0.3) is 0 Å². The van der Waals surface area contributed by atoms with Gasteiger partial charge in [0.2, 0.25) is 12.3 Å². The number of ether oxygens (including phenoxy) is 1. The molecule has 1 amide bonds. The molecule has 6 heteroatoms. The average Bonchev–Trinajstić information content (AvgIpc) is 2.49. The van der Waals surface area contributed by atoms with Crippen LogP contribution in [-0.2, 0) is 4.79 Å². The number of hydrogen-bond donors (Lipinski definition) is 3. The second-order valence-electron chi connectivity index (χ2n) is 5.45. The molecule has 0 spiro atoms. The van der Waals surface area contributed by atoms with Crippen molar-refractivity contribution < 1.29 is 14.6 Å². The summed E-state index contributed by atoms with van der Waals surface area (Å²) in [6.07, 6.45) is 1.76. The number of benzene rings is 1. The van der Waals surface area contributed by atoms with Crippen LogP contribution in [0.1, 0.15) is 19.3 Å². The fourth-order valence-electron chi connectivity index (χ4n) is 2.73. The maximum absolute atomic E-state index is 11.2. The van der Waals surface area contributed by atoms with Gasteiger partial charge in [-0.25, -0.2) is 0 Å². The molecule has 1 unspecified atom stereocenters. The minimum Gasteiger partial charge on any atom is -0.490 e. The quantitative estimate of drug-likeness (QED) is 0.753. The van der Waals surface area contributed by atoms with Gasteiger partial charge in [-0.05, 0) is 50.2 Å². The molecule has 0 bridgehead atoms. The van der Waals surface area contributed by atoms with E-state index in [-0.39, 0.29) is 12.0 Å². The number of carbonyl (C=O) groups excluding carboxylic acids is 1. The topological polar surface area (TPSA) is 73.8 Å². The molecular formula is C15H21N3O3. The van der Waals surface area contributed by atoms with Crippen molar-refractivity contribution in [1.29, 1.82) is 0 Å². The lowest BCUT2D eigenvalue weighted by Crippen LogP contribution is -2.54. The van der Waals surface area contributed by atoms with Crippen molar-refractivity contribution in [2.45, 2.75) is 31.7 Å². The molecule has 1 atom stereocenters. The summed E-state index contributed by atoms with van der Waals surface area (Å²) in [4.78, 5) is 13.0. The smallest absolute Gasteiger partial charge is 0.225 e. The molecule has 2 aliphatic rings. The third-order valence-corrected chi connectivity index (χ3v) is 3.92. The first-order valence-corrected chi connectivity index (χ1v) is 7.44. The van der Waals surface area contributed by atoms with E-state index >= 15 is 0 Å². The predicted molar refractivity (Wildman–Crippen MR) is 79.1 cm³/mol. The number of nitrogens with zero attached hydrogens (tertiary/aromatic N) is 1. The summed E-state index contributed by atoms with van der Waals surface area (Å²) in [7, 11) is 0. The fraction of sp³-hybridized carbons (Fsp3) is 0.533. The predicted octanol–water partition coefficient (Wildman–Crippen LogP) is 0.420. The van der Waals surface area contributed by atoms with Crippen molar-refractivity contribution in [2.75, 3.05) is 24.5 Å². The zero-order valence-corrected chi connectivity index (χ0v) is 11.9. The first-order valence-electron chi connectivity index (χ1n) is 7.44. The van der Waals surface area contributed by atoms with Crippen molar-refractivity contribution in [3.05, 3.63) is 24.3 Å². The van der Waals surface area contributed by atoms with Gasteiger partial charge in [-0.2, -0.15) is 0 Å². The highest BCUT2D eigenvalue weighted by molar-refractivity contribution is 5.78. The summed E-state index contributed by atoms with van der Waals surface area (Å²) in [6, 6.07) is 7.66. The fourth-order valence-corrected chi connectivity index (χ4v) is 2.73. The highest BCUT2D eigenvalue weighted by Crippen LogP contribution is 2.23. The Morgan fingerprint density at radius 2 is 1.90 bits per heavy atom. The molecule has 6 nitrogen and oxygen atoms in total. The normalized spacial score (nSPS) is 23.8. The van der Waals surface area contributed by atoms with Crippen molar-refractivity contribution in [1.82, 2.24) is 10.6 Å². The number of piperidine rings is 1. The van der Waals surface area contributed by atoms with E-state index < -0.39 is 6.35 Å². The number of anilines is 1. The van der Waals surface area contributed by atoms with Gasteiger partial charge in [0.1, 0.15) is 11.9 Å². The largest absolute Gasteiger partial charge is 0.490 e. The lowest BCUT2D eigenvalue weighted by Gasteiger charge is -2.34. The third kappa shape index (κ3) is 3.46. The molecule has 3 N–H and O–H groups in total. The summed E-state index contributed by atoms with van der Waals surface area (Å²) in [6.45, 7) is 2.52. The Morgan fingerprint density at radius 1 is 1.19 bits per heavy atom. The Balaban J connectivity index is 1.62. The van der Waals surface area contributed by atoms with Gasteiger partial charge in [-0.1, -0.05) is 0 Å². The molecule has 1 aromatic carbocycles. The first-order chi connectivity index (χ1) is 10.2. The van der Waals surface area contributed by atoms with E-state index in [4.69, 9.17) is 4.74 Å². The zero-order chi connectivity index (χ0) is 14.7. The third-order valence-electron chi connectivity index (χ3n) is 3.92. The van der Waals surface area contributed by atoms with Gasteiger partial charge in [0.25, 0.3) is 0 Å². The molecule has 2 aliphatic heterocycles. The van der Waals surface area contributed by atoms with Gasteiger partial charge in [0, 0.05) is 18.7 Å². The molecule has 21 heavy (non-hydrogen) atoms. The Bertz CT molecular complexity index is 485. The van der Waals surface area contributed by atoms with Crippen molar-refractivity contribution in [3.63, 3.8) is 0 Å². The number of hydrogen-bond acceptors (Lipinski definition) is 5. The molecule has 1 aromatic rings. The van der Waals surface area contributed by atoms with E-state index in [1.807, 2.05) is 24.3 Å². The molecule has 2 heterocycles. The summed E-state index contributed by atoms with van der Waals surface area (Å²) in [5.41, 5.74) is 0.875. The van der Waals surface area contributed by atoms with Crippen LogP contribution in [0.3, 0.4) is 0 Å². The van der Waals surface area contributed by atoms with Gasteiger partial charge in [0.15, 0.2) is 0 Å². The van der Waals surface area contributed by atoms with E-state index in [2.05, 4.69) is 10.6 Å². The van der Waals surface area contributed by atoms with Crippen LogP contribution >= 0.6 is 0 Å². The highest BCUT2D eigenvalue weighted by atomic mass is 16.5. The molecule has 2 fully saturated rings. The van der Waals surface area contributed by atoms with E-state index in [1.165, 1.54) is 0 Å². The van der Waals surface area contributed by atoms with Crippen molar-refractivity contribution >= 4 is 11.6 Å². The van der Waals surface area contributed by atoms with Crippen LogP contribution in [0.2, 0.25) is 0 Å². The van der Waals surface area contributed by atoms with Crippen LogP contribution in [0.15, 0.2) is 24.3 Å². The minimum atomic E-state index is -0.956. The van der Waals surface area contributed by atoms with Crippen LogP contribution in [0, 0.1) is 0 Å². The molecule has 114 valence electrons. The van der Waals surface area contributed by atoms with Gasteiger partial charge in [-0.15, -0.1) is 0 Å². The first kappa shape index (κ1) is 14.2. The zero-order valence-electron chi connectivity index (χ0n) is 11.9. The lowest BCUT2D eigenvalue weighted by atomic mass is 10.1. The summed E-state index contributed by atoms with van der Waals surface area (Å²) in [5.74, 6) is 0.728. The van der Waals surface area contributed by atoms with Gasteiger partial charge >= 0.3 is 0 Å². The maximum Gasteiger partial charge on any atom is 0.225 e. The van der Waals surface area contributed by atoms with E-state index in [1.54, 1.807) is 4.90 Å². The molecule has 2 saturated heterocycles. The molecule has 0 aliphatic carbocycles. The van der Waals surface area contributed by atoms with E-state index in [0.717, 1.165) is 37.4 Å². The van der Waals surface area contributed by atoms with Crippen molar-refractivity contribution in [3.8, 4) is 5.75 Å². The average molecular weight is 291 g/mol. The van der Waals surface area contributed by atoms with Gasteiger partial charge in [0.05, 0.1) is 0 Å². The Morgan fingerprint density at radius 3 is 2.57 bits per heavy atom. The van der Waals surface area contributed by atoms with E-state index in [0.29, 0.717) is 13.0 Å². The Hall–Kier alpha value is -1.79. The van der Waals surface area contributed by atoms with E-state index in [9.17, 15) is 9.90 Å². The van der Waals surface area contributed by atoms with Crippen LogP contribution in [-0.4, -0.2) is 43.1 Å². The van der Waals surface area contributed by atoms with Gasteiger partial charge < -0.3 is 25.4 Å². The van der Waals surface area contributed by atoms with Crippen molar-refractivity contribution in [2.24, 2.45) is 0 Å². The van der Waals surface area contributed by atoms with Gasteiger partial charge in [-0.3, -0.25) is 4.79 Å². The number of amides is 1. The molecule has 0 radical (unpaired) electrons. The SMILES string of the molecule is O=C1CCN(c2ccc(OC3CCNCC3)cc2)C(O)N1. The summed E-state index contributed by atoms with van der Waals surface area (Å²) >= 11 is 0. The second-order valence-corrected chi connectivity index (χ2v) is 5.45. The molecule has 0 saturated carbocycles. The molecule has 3 rings (SSSR count). The maximum atomic E-state index is 11.2.